The minimum Gasteiger partial charge on any atom is -0.261 e. The Morgan fingerprint density at radius 1 is 0.682 bits per heavy atom. The first-order chi connectivity index (χ1) is 10.9. The SMILES string of the molecule is c1ccc(C(CCCc2ccccn2)c2ccccc2)cc1. The smallest absolute Gasteiger partial charge is 0.0403 e. The van der Waals surface area contributed by atoms with Gasteiger partial charge in [0.2, 0.25) is 0 Å². The van der Waals surface area contributed by atoms with Crippen LogP contribution in [0.1, 0.15) is 35.6 Å². The molecule has 1 nitrogen and oxygen atoms in total. The molecule has 22 heavy (non-hydrogen) atoms. The summed E-state index contributed by atoms with van der Waals surface area (Å²) in [7, 11) is 0. The first-order valence-corrected chi connectivity index (χ1v) is 7.93. The number of hydrogen-bond donors (Lipinski definition) is 0. The predicted molar refractivity (Wildman–Crippen MR) is 91.9 cm³/mol. The van der Waals surface area contributed by atoms with E-state index in [1.165, 1.54) is 16.8 Å². The van der Waals surface area contributed by atoms with E-state index in [1.54, 1.807) is 0 Å². The molecule has 0 unspecified atom stereocenters. The van der Waals surface area contributed by atoms with Gasteiger partial charge < -0.3 is 0 Å². The lowest BCUT2D eigenvalue weighted by Gasteiger charge is -2.18. The average molecular weight is 287 g/mol. The fourth-order valence-electron chi connectivity index (χ4n) is 2.93. The number of pyridine rings is 1. The Labute approximate surface area is 132 Å². The van der Waals surface area contributed by atoms with Crippen LogP contribution >= 0.6 is 0 Å². The Hall–Kier alpha value is -2.41. The molecule has 0 saturated carbocycles. The molecule has 0 aliphatic heterocycles. The molecule has 0 saturated heterocycles. The van der Waals surface area contributed by atoms with Crippen molar-refractivity contribution in [1.82, 2.24) is 4.98 Å². The van der Waals surface area contributed by atoms with Crippen molar-refractivity contribution in [3.63, 3.8) is 0 Å². The van der Waals surface area contributed by atoms with E-state index >= 15 is 0 Å². The van der Waals surface area contributed by atoms with E-state index < -0.39 is 0 Å². The molecule has 0 bridgehead atoms. The molecule has 0 aliphatic carbocycles. The molecule has 0 aliphatic rings. The van der Waals surface area contributed by atoms with Gasteiger partial charge in [0.1, 0.15) is 0 Å². The van der Waals surface area contributed by atoms with Crippen LogP contribution in [0.3, 0.4) is 0 Å². The van der Waals surface area contributed by atoms with Gasteiger partial charge in [0.15, 0.2) is 0 Å². The van der Waals surface area contributed by atoms with Crippen LogP contribution in [-0.2, 0) is 6.42 Å². The quantitative estimate of drug-likeness (QED) is 0.604. The molecule has 1 aromatic heterocycles. The molecule has 110 valence electrons. The lowest BCUT2D eigenvalue weighted by molar-refractivity contribution is 0.655. The first kappa shape index (κ1) is 14.5. The topological polar surface area (TPSA) is 12.9 Å². The molecule has 0 N–H and O–H groups in total. The van der Waals surface area contributed by atoms with Gasteiger partial charge in [-0.25, -0.2) is 0 Å². The largest absolute Gasteiger partial charge is 0.261 e. The van der Waals surface area contributed by atoms with Gasteiger partial charge in [0.05, 0.1) is 0 Å². The van der Waals surface area contributed by atoms with E-state index in [0.29, 0.717) is 5.92 Å². The van der Waals surface area contributed by atoms with Gasteiger partial charge in [0.25, 0.3) is 0 Å². The summed E-state index contributed by atoms with van der Waals surface area (Å²) in [6.07, 6.45) is 5.20. The van der Waals surface area contributed by atoms with Gasteiger partial charge >= 0.3 is 0 Å². The van der Waals surface area contributed by atoms with Crippen molar-refractivity contribution >= 4 is 0 Å². The maximum atomic E-state index is 4.42. The van der Waals surface area contributed by atoms with Crippen LogP contribution in [0.5, 0.6) is 0 Å². The van der Waals surface area contributed by atoms with Crippen LogP contribution in [0.25, 0.3) is 0 Å². The van der Waals surface area contributed by atoms with Gasteiger partial charge in [0, 0.05) is 17.8 Å². The third-order valence-corrected chi connectivity index (χ3v) is 4.06. The maximum absolute atomic E-state index is 4.42. The van der Waals surface area contributed by atoms with E-state index in [2.05, 4.69) is 77.8 Å². The minimum absolute atomic E-state index is 0.464. The van der Waals surface area contributed by atoms with Crippen molar-refractivity contribution in [2.24, 2.45) is 0 Å². The Morgan fingerprint density at radius 3 is 1.82 bits per heavy atom. The van der Waals surface area contributed by atoms with Crippen LogP contribution in [0.15, 0.2) is 85.1 Å². The highest BCUT2D eigenvalue weighted by Gasteiger charge is 2.13. The summed E-state index contributed by atoms with van der Waals surface area (Å²) in [6, 6.07) is 27.8. The number of hydrogen-bond acceptors (Lipinski definition) is 1. The standard InChI is InChI=1S/C21H21N/c1-3-10-18(11-4-1)21(19-12-5-2-6-13-19)16-9-15-20-14-7-8-17-22-20/h1-8,10-14,17,21H,9,15-16H2. The Morgan fingerprint density at radius 2 is 1.27 bits per heavy atom. The monoisotopic (exact) mass is 287 g/mol. The van der Waals surface area contributed by atoms with E-state index in [9.17, 15) is 0 Å². The summed E-state index contributed by atoms with van der Waals surface area (Å²) in [5.74, 6) is 0.464. The van der Waals surface area contributed by atoms with E-state index in [-0.39, 0.29) is 0 Å². The second-order valence-corrected chi connectivity index (χ2v) is 5.59. The maximum Gasteiger partial charge on any atom is 0.0403 e. The summed E-state index contributed by atoms with van der Waals surface area (Å²) in [5.41, 5.74) is 3.98. The number of aryl methyl sites for hydroxylation is 1. The summed E-state index contributed by atoms with van der Waals surface area (Å²) >= 11 is 0. The highest BCUT2D eigenvalue weighted by molar-refractivity contribution is 5.32. The number of aromatic nitrogens is 1. The molecular formula is C21H21N. The molecule has 0 fully saturated rings. The van der Waals surface area contributed by atoms with E-state index in [0.717, 1.165) is 19.3 Å². The van der Waals surface area contributed by atoms with Crippen LogP contribution in [0.2, 0.25) is 0 Å². The van der Waals surface area contributed by atoms with Crippen LogP contribution in [0, 0.1) is 0 Å². The second-order valence-electron chi connectivity index (χ2n) is 5.59. The average Bonchev–Trinajstić information content (AvgIpc) is 2.61. The highest BCUT2D eigenvalue weighted by atomic mass is 14.7. The molecule has 1 heterocycles. The Bertz CT molecular complexity index is 623. The van der Waals surface area contributed by atoms with Crippen molar-refractivity contribution < 1.29 is 0 Å². The fraction of sp³-hybridized carbons (Fsp3) is 0.190. The second kappa shape index (κ2) is 7.56. The summed E-state index contributed by atoms with van der Waals surface area (Å²) in [5, 5.41) is 0. The van der Waals surface area contributed by atoms with Crippen LogP contribution in [-0.4, -0.2) is 4.98 Å². The van der Waals surface area contributed by atoms with Crippen molar-refractivity contribution in [2.45, 2.75) is 25.2 Å². The highest BCUT2D eigenvalue weighted by Crippen LogP contribution is 2.29. The van der Waals surface area contributed by atoms with Gasteiger partial charge in [-0.15, -0.1) is 0 Å². The zero-order chi connectivity index (χ0) is 15.0. The van der Waals surface area contributed by atoms with Crippen molar-refractivity contribution in [3.8, 4) is 0 Å². The molecule has 1 heteroatoms. The number of rotatable bonds is 6. The van der Waals surface area contributed by atoms with Crippen molar-refractivity contribution in [1.29, 1.82) is 0 Å². The molecule has 3 aromatic rings. The van der Waals surface area contributed by atoms with Crippen LogP contribution < -0.4 is 0 Å². The number of benzene rings is 2. The molecule has 0 amide bonds. The van der Waals surface area contributed by atoms with E-state index in [1.807, 2.05) is 12.3 Å². The van der Waals surface area contributed by atoms with Crippen molar-refractivity contribution in [2.75, 3.05) is 0 Å². The zero-order valence-corrected chi connectivity index (χ0v) is 12.7. The van der Waals surface area contributed by atoms with E-state index in [4.69, 9.17) is 0 Å². The summed E-state index contributed by atoms with van der Waals surface area (Å²) in [4.78, 5) is 4.42. The van der Waals surface area contributed by atoms with Crippen molar-refractivity contribution in [3.05, 3.63) is 102 Å². The molecule has 0 atom stereocenters. The normalized spacial score (nSPS) is 10.8. The molecule has 0 radical (unpaired) electrons. The minimum atomic E-state index is 0.464. The Balaban J connectivity index is 1.72. The third kappa shape index (κ3) is 3.82. The molecule has 0 spiro atoms. The third-order valence-electron chi connectivity index (χ3n) is 4.06. The molecular weight excluding hydrogens is 266 g/mol. The van der Waals surface area contributed by atoms with Gasteiger partial charge in [-0.05, 0) is 42.5 Å². The lowest BCUT2D eigenvalue weighted by atomic mass is 9.87. The van der Waals surface area contributed by atoms with Crippen LogP contribution in [0.4, 0.5) is 0 Å². The lowest BCUT2D eigenvalue weighted by Crippen LogP contribution is -2.02. The Kier molecular flexibility index (Phi) is 4.99. The fourth-order valence-corrected chi connectivity index (χ4v) is 2.93. The molecule has 3 rings (SSSR count). The summed E-state index contributed by atoms with van der Waals surface area (Å²) < 4.78 is 0. The predicted octanol–water partition coefficient (Wildman–Crippen LogP) is 5.24. The summed E-state index contributed by atoms with van der Waals surface area (Å²) in [6.45, 7) is 0. The van der Waals surface area contributed by atoms with Gasteiger partial charge in [-0.1, -0.05) is 66.7 Å². The zero-order valence-electron chi connectivity index (χ0n) is 12.7. The number of nitrogens with zero attached hydrogens (tertiary/aromatic N) is 1. The molecule has 2 aromatic carbocycles. The van der Waals surface area contributed by atoms with Gasteiger partial charge in [-0.2, -0.15) is 0 Å². The first-order valence-electron chi connectivity index (χ1n) is 7.93. The van der Waals surface area contributed by atoms with Gasteiger partial charge in [-0.3, -0.25) is 4.98 Å².